The molecule has 0 aliphatic heterocycles. The van der Waals surface area contributed by atoms with Crippen LogP contribution in [0.5, 0.6) is 5.75 Å². The van der Waals surface area contributed by atoms with Gasteiger partial charge in [0.2, 0.25) is 5.91 Å². The van der Waals surface area contributed by atoms with E-state index < -0.39 is 11.4 Å². The summed E-state index contributed by atoms with van der Waals surface area (Å²) >= 11 is 1.45. The number of hydrogen-bond acceptors (Lipinski definition) is 4. The van der Waals surface area contributed by atoms with Gasteiger partial charge in [-0.3, -0.25) is 9.59 Å². The molecule has 132 valence electrons. The number of amides is 1. The topological polar surface area (TPSA) is 75.6 Å². The normalized spacial score (nSPS) is 17.8. The molecule has 5 nitrogen and oxygen atoms in total. The molecule has 0 radical (unpaired) electrons. The number of carbonyl (C=O) groups is 2. The molecule has 2 rings (SSSR count). The standard InChI is InChI=1S/C18H25NO4S/c1-13(24-15-8-6-14(23-2)7-9-15)16(20)19-12-18(17(21)22)10-4-3-5-11-18/h6-9,13H,3-5,10-12H2,1-2H3,(H,19,20)(H,21,22). The van der Waals surface area contributed by atoms with Crippen molar-refractivity contribution in [1.82, 2.24) is 5.32 Å². The van der Waals surface area contributed by atoms with E-state index in [1.807, 2.05) is 31.2 Å². The maximum Gasteiger partial charge on any atom is 0.311 e. The third kappa shape index (κ3) is 4.66. The predicted molar refractivity (Wildman–Crippen MR) is 94.5 cm³/mol. The van der Waals surface area contributed by atoms with Crippen molar-refractivity contribution in [2.75, 3.05) is 13.7 Å². The summed E-state index contributed by atoms with van der Waals surface area (Å²) in [5, 5.41) is 12.1. The Morgan fingerprint density at radius 2 is 1.88 bits per heavy atom. The van der Waals surface area contributed by atoms with Crippen molar-refractivity contribution in [3.05, 3.63) is 24.3 Å². The Morgan fingerprint density at radius 3 is 2.42 bits per heavy atom. The van der Waals surface area contributed by atoms with Crippen LogP contribution in [0.2, 0.25) is 0 Å². The fraction of sp³-hybridized carbons (Fsp3) is 0.556. The van der Waals surface area contributed by atoms with E-state index in [1.165, 1.54) is 11.8 Å². The van der Waals surface area contributed by atoms with Gasteiger partial charge in [-0.25, -0.2) is 0 Å². The number of rotatable bonds is 7. The van der Waals surface area contributed by atoms with Crippen molar-refractivity contribution in [1.29, 1.82) is 0 Å². The first-order valence-corrected chi connectivity index (χ1v) is 9.17. The first kappa shape index (κ1) is 18.6. The molecule has 1 aromatic carbocycles. The van der Waals surface area contributed by atoms with Crippen LogP contribution in [-0.4, -0.2) is 35.9 Å². The summed E-state index contributed by atoms with van der Waals surface area (Å²) in [5.41, 5.74) is -0.793. The first-order valence-electron chi connectivity index (χ1n) is 8.29. The van der Waals surface area contributed by atoms with Crippen LogP contribution >= 0.6 is 11.8 Å². The Morgan fingerprint density at radius 1 is 1.25 bits per heavy atom. The molecule has 0 heterocycles. The zero-order valence-electron chi connectivity index (χ0n) is 14.2. The summed E-state index contributed by atoms with van der Waals surface area (Å²) in [6.45, 7) is 2.05. The van der Waals surface area contributed by atoms with E-state index in [2.05, 4.69) is 5.32 Å². The Labute approximate surface area is 147 Å². The number of benzene rings is 1. The molecule has 1 fully saturated rings. The van der Waals surface area contributed by atoms with Crippen LogP contribution in [0.15, 0.2) is 29.2 Å². The van der Waals surface area contributed by atoms with Gasteiger partial charge in [-0.15, -0.1) is 11.8 Å². The number of hydrogen-bond donors (Lipinski definition) is 2. The fourth-order valence-corrected chi connectivity index (χ4v) is 3.90. The Balaban J connectivity index is 1.89. The van der Waals surface area contributed by atoms with Gasteiger partial charge >= 0.3 is 5.97 Å². The molecular weight excluding hydrogens is 326 g/mol. The van der Waals surface area contributed by atoms with Crippen molar-refractivity contribution in [2.45, 2.75) is 49.2 Å². The monoisotopic (exact) mass is 351 g/mol. The summed E-state index contributed by atoms with van der Waals surface area (Å²) in [5.74, 6) is -0.142. The molecule has 0 saturated heterocycles. The molecule has 1 amide bonds. The van der Waals surface area contributed by atoms with Gasteiger partial charge in [-0.05, 0) is 44.0 Å². The number of nitrogens with one attached hydrogen (secondary N) is 1. The van der Waals surface area contributed by atoms with E-state index in [-0.39, 0.29) is 17.7 Å². The molecule has 1 aliphatic rings. The SMILES string of the molecule is COc1ccc(SC(C)C(=O)NCC2(C(=O)O)CCCCC2)cc1. The van der Waals surface area contributed by atoms with Crippen LogP contribution in [0.3, 0.4) is 0 Å². The Bertz CT molecular complexity index is 567. The van der Waals surface area contributed by atoms with Crippen LogP contribution in [0, 0.1) is 5.41 Å². The number of ether oxygens (including phenoxy) is 1. The second kappa shape index (κ2) is 8.42. The average Bonchev–Trinajstić information content (AvgIpc) is 2.61. The molecule has 1 aromatic rings. The average molecular weight is 351 g/mol. The summed E-state index contributed by atoms with van der Waals surface area (Å²) < 4.78 is 5.12. The molecule has 1 atom stereocenters. The van der Waals surface area contributed by atoms with Crippen LogP contribution in [0.4, 0.5) is 0 Å². The maximum atomic E-state index is 12.3. The van der Waals surface area contributed by atoms with E-state index in [9.17, 15) is 14.7 Å². The molecule has 2 N–H and O–H groups in total. The van der Waals surface area contributed by atoms with Crippen LogP contribution < -0.4 is 10.1 Å². The minimum absolute atomic E-state index is 0.123. The molecule has 24 heavy (non-hydrogen) atoms. The summed E-state index contributed by atoms with van der Waals surface area (Å²) in [7, 11) is 1.61. The highest BCUT2D eigenvalue weighted by atomic mass is 32.2. The van der Waals surface area contributed by atoms with Crippen molar-refractivity contribution in [3.63, 3.8) is 0 Å². The molecule has 0 bridgehead atoms. The fourth-order valence-electron chi connectivity index (χ4n) is 3.01. The van der Waals surface area contributed by atoms with E-state index >= 15 is 0 Å². The van der Waals surface area contributed by atoms with E-state index in [0.717, 1.165) is 29.9 Å². The number of thioether (sulfide) groups is 1. The van der Waals surface area contributed by atoms with Crippen LogP contribution in [0.25, 0.3) is 0 Å². The predicted octanol–water partition coefficient (Wildman–Crippen LogP) is 3.33. The van der Waals surface area contributed by atoms with Gasteiger partial charge < -0.3 is 15.2 Å². The van der Waals surface area contributed by atoms with Crippen LogP contribution in [0.1, 0.15) is 39.0 Å². The third-order valence-electron chi connectivity index (χ3n) is 4.61. The number of carboxylic acid groups (broad SMARTS) is 1. The van der Waals surface area contributed by atoms with E-state index in [1.54, 1.807) is 7.11 Å². The number of carbonyl (C=O) groups excluding carboxylic acids is 1. The lowest BCUT2D eigenvalue weighted by molar-refractivity contribution is -0.151. The van der Waals surface area contributed by atoms with Crippen molar-refractivity contribution >= 4 is 23.6 Å². The number of methoxy groups -OCH3 is 1. The second-order valence-corrected chi connectivity index (χ2v) is 7.71. The number of aliphatic carboxylic acids is 1. The summed E-state index contributed by atoms with van der Waals surface area (Å²) in [6.07, 6.45) is 4.19. The molecule has 1 aliphatic carbocycles. The first-order chi connectivity index (χ1) is 11.5. The Kier molecular flexibility index (Phi) is 6.54. The zero-order chi connectivity index (χ0) is 17.6. The minimum atomic E-state index is -0.794. The lowest BCUT2D eigenvalue weighted by Crippen LogP contribution is -2.46. The van der Waals surface area contributed by atoms with Crippen molar-refractivity contribution in [3.8, 4) is 5.75 Å². The molecule has 0 aromatic heterocycles. The van der Waals surface area contributed by atoms with Crippen LogP contribution in [-0.2, 0) is 9.59 Å². The van der Waals surface area contributed by atoms with Gasteiger partial charge in [0, 0.05) is 11.4 Å². The van der Waals surface area contributed by atoms with Crippen molar-refractivity contribution in [2.24, 2.45) is 5.41 Å². The third-order valence-corrected chi connectivity index (χ3v) is 5.72. The number of carboxylic acids is 1. The molecule has 1 unspecified atom stereocenters. The van der Waals surface area contributed by atoms with Crippen molar-refractivity contribution < 1.29 is 19.4 Å². The minimum Gasteiger partial charge on any atom is -0.497 e. The quantitative estimate of drug-likeness (QED) is 0.737. The largest absolute Gasteiger partial charge is 0.497 e. The molecule has 6 heteroatoms. The highest BCUT2D eigenvalue weighted by molar-refractivity contribution is 8.00. The smallest absolute Gasteiger partial charge is 0.311 e. The molecule has 0 spiro atoms. The van der Waals surface area contributed by atoms with E-state index in [0.29, 0.717) is 12.8 Å². The second-order valence-electron chi connectivity index (χ2n) is 6.30. The van der Waals surface area contributed by atoms with Gasteiger partial charge in [-0.2, -0.15) is 0 Å². The summed E-state index contributed by atoms with van der Waals surface area (Å²) in [6, 6.07) is 7.53. The lowest BCUT2D eigenvalue weighted by Gasteiger charge is -2.33. The zero-order valence-corrected chi connectivity index (χ0v) is 15.0. The molecular formula is C18H25NO4S. The van der Waals surface area contributed by atoms with Gasteiger partial charge in [-0.1, -0.05) is 19.3 Å². The Hall–Kier alpha value is -1.69. The molecule has 1 saturated carbocycles. The highest BCUT2D eigenvalue weighted by Gasteiger charge is 2.40. The summed E-state index contributed by atoms with van der Waals surface area (Å²) in [4.78, 5) is 24.9. The van der Waals surface area contributed by atoms with Gasteiger partial charge in [0.15, 0.2) is 0 Å². The van der Waals surface area contributed by atoms with Gasteiger partial charge in [0.25, 0.3) is 0 Å². The van der Waals surface area contributed by atoms with Gasteiger partial charge in [0.05, 0.1) is 17.8 Å². The van der Waals surface area contributed by atoms with E-state index in [4.69, 9.17) is 4.74 Å². The maximum absolute atomic E-state index is 12.3. The van der Waals surface area contributed by atoms with Gasteiger partial charge in [0.1, 0.15) is 5.75 Å². The highest BCUT2D eigenvalue weighted by Crippen LogP contribution is 2.36. The lowest BCUT2D eigenvalue weighted by atomic mass is 9.74.